The van der Waals surface area contributed by atoms with Crippen molar-refractivity contribution in [2.75, 3.05) is 0 Å². The maximum atomic E-state index is 8.61. The molecule has 0 aliphatic heterocycles. The molecule has 0 saturated carbocycles. The second-order valence-electron chi connectivity index (χ2n) is 4.12. The monoisotopic (exact) mass is 237 g/mol. The second kappa shape index (κ2) is 5.82. The molecular formula is C16H15NO. The fourth-order valence-corrected chi connectivity index (χ4v) is 1.71. The Hall–Kier alpha value is -2.35. The molecule has 2 nitrogen and oxygen atoms in total. The maximum Gasteiger partial charge on any atom is 0.0739 e. The third-order valence-electron chi connectivity index (χ3n) is 2.73. The van der Waals surface area contributed by atoms with Crippen LogP contribution in [0.1, 0.15) is 22.3 Å². The van der Waals surface area contributed by atoms with Crippen LogP contribution in [0, 0.1) is 6.92 Å². The summed E-state index contributed by atoms with van der Waals surface area (Å²) in [6.45, 7) is 2.07. The van der Waals surface area contributed by atoms with Crippen molar-refractivity contribution in [1.82, 2.24) is 0 Å². The van der Waals surface area contributed by atoms with Gasteiger partial charge in [-0.2, -0.15) is 0 Å². The van der Waals surface area contributed by atoms with E-state index in [0.29, 0.717) is 0 Å². The smallest absolute Gasteiger partial charge is 0.0739 e. The largest absolute Gasteiger partial charge is 0.411 e. The van der Waals surface area contributed by atoms with Gasteiger partial charge in [0.2, 0.25) is 0 Å². The van der Waals surface area contributed by atoms with E-state index < -0.39 is 0 Å². The van der Waals surface area contributed by atoms with Gasteiger partial charge in [0.1, 0.15) is 0 Å². The first-order valence-corrected chi connectivity index (χ1v) is 5.81. The summed E-state index contributed by atoms with van der Waals surface area (Å²) in [6.07, 6.45) is 5.50. The number of hydrogen-bond acceptors (Lipinski definition) is 2. The van der Waals surface area contributed by atoms with Gasteiger partial charge in [0, 0.05) is 5.56 Å². The van der Waals surface area contributed by atoms with Crippen LogP contribution in [0.3, 0.4) is 0 Å². The second-order valence-corrected chi connectivity index (χ2v) is 4.12. The summed E-state index contributed by atoms with van der Waals surface area (Å²) >= 11 is 0. The van der Waals surface area contributed by atoms with Gasteiger partial charge in [0.25, 0.3) is 0 Å². The van der Waals surface area contributed by atoms with Crippen molar-refractivity contribution in [3.63, 3.8) is 0 Å². The Morgan fingerprint density at radius 1 is 0.889 bits per heavy atom. The summed E-state index contributed by atoms with van der Waals surface area (Å²) in [6, 6.07) is 16.1. The normalized spacial score (nSPS) is 11.4. The summed E-state index contributed by atoms with van der Waals surface area (Å²) in [5.41, 5.74) is 4.32. The van der Waals surface area contributed by atoms with Gasteiger partial charge in [-0.05, 0) is 18.1 Å². The lowest BCUT2D eigenvalue weighted by Gasteiger charge is -1.99. The molecule has 0 amide bonds. The predicted octanol–water partition coefficient (Wildman–Crippen LogP) is 3.97. The fraction of sp³-hybridized carbons (Fsp3) is 0.0625. The standard InChI is InChI=1S/C16H15NO/c1-13-6-8-14(9-7-13)10-11-15-4-2-3-5-16(15)12-17-18/h2-12,18H,1H3. The van der Waals surface area contributed by atoms with Crippen LogP contribution in [0.5, 0.6) is 0 Å². The van der Waals surface area contributed by atoms with Gasteiger partial charge in [-0.1, -0.05) is 71.4 Å². The van der Waals surface area contributed by atoms with Gasteiger partial charge in [-0.15, -0.1) is 0 Å². The molecular weight excluding hydrogens is 222 g/mol. The molecule has 0 unspecified atom stereocenters. The summed E-state index contributed by atoms with van der Waals surface area (Å²) in [7, 11) is 0. The van der Waals surface area contributed by atoms with Crippen LogP contribution in [0.15, 0.2) is 53.7 Å². The SMILES string of the molecule is Cc1ccc(C=Cc2ccccc2C=NO)cc1. The van der Waals surface area contributed by atoms with Crippen LogP contribution in [0.2, 0.25) is 0 Å². The lowest BCUT2D eigenvalue weighted by atomic mass is 10.1. The quantitative estimate of drug-likeness (QED) is 0.372. The summed E-state index contributed by atoms with van der Waals surface area (Å²) < 4.78 is 0. The molecule has 0 atom stereocenters. The van der Waals surface area contributed by atoms with Crippen molar-refractivity contribution in [2.45, 2.75) is 6.92 Å². The van der Waals surface area contributed by atoms with Gasteiger partial charge < -0.3 is 5.21 Å². The molecule has 2 aromatic carbocycles. The van der Waals surface area contributed by atoms with Crippen LogP contribution in [-0.2, 0) is 0 Å². The zero-order valence-corrected chi connectivity index (χ0v) is 10.2. The van der Waals surface area contributed by atoms with Crippen LogP contribution in [0.25, 0.3) is 12.2 Å². The first kappa shape index (κ1) is 12.1. The molecule has 2 aromatic rings. The zero-order chi connectivity index (χ0) is 12.8. The van der Waals surface area contributed by atoms with Gasteiger partial charge in [-0.25, -0.2) is 0 Å². The van der Waals surface area contributed by atoms with Gasteiger partial charge >= 0.3 is 0 Å². The minimum Gasteiger partial charge on any atom is -0.411 e. The molecule has 0 heterocycles. The van der Waals surface area contributed by atoms with E-state index in [1.165, 1.54) is 11.8 Å². The first-order valence-electron chi connectivity index (χ1n) is 5.81. The molecule has 0 aliphatic carbocycles. The van der Waals surface area contributed by atoms with E-state index >= 15 is 0 Å². The van der Waals surface area contributed by atoms with E-state index in [4.69, 9.17) is 5.21 Å². The average molecular weight is 237 g/mol. The van der Waals surface area contributed by atoms with E-state index in [2.05, 4.69) is 36.3 Å². The average Bonchev–Trinajstić information content (AvgIpc) is 2.40. The molecule has 0 fully saturated rings. The highest BCUT2D eigenvalue weighted by Gasteiger charge is 1.95. The highest BCUT2D eigenvalue weighted by molar-refractivity contribution is 5.87. The van der Waals surface area contributed by atoms with Crippen molar-refractivity contribution in [2.24, 2.45) is 5.16 Å². The Bertz CT molecular complexity index is 568. The van der Waals surface area contributed by atoms with Crippen LogP contribution < -0.4 is 0 Å². The number of nitrogens with zero attached hydrogens (tertiary/aromatic N) is 1. The minimum atomic E-state index is 0.892. The Morgan fingerprint density at radius 2 is 1.56 bits per heavy atom. The maximum absolute atomic E-state index is 8.61. The van der Waals surface area contributed by atoms with Crippen molar-refractivity contribution in [3.05, 3.63) is 70.8 Å². The van der Waals surface area contributed by atoms with Crippen LogP contribution in [-0.4, -0.2) is 11.4 Å². The van der Waals surface area contributed by atoms with Crippen LogP contribution in [0.4, 0.5) is 0 Å². The molecule has 0 saturated heterocycles. The van der Waals surface area contributed by atoms with E-state index in [1.807, 2.05) is 36.4 Å². The van der Waals surface area contributed by atoms with Crippen molar-refractivity contribution >= 4 is 18.4 Å². The predicted molar refractivity (Wildman–Crippen MR) is 75.9 cm³/mol. The molecule has 2 heteroatoms. The number of hydrogen-bond donors (Lipinski definition) is 1. The van der Waals surface area contributed by atoms with Gasteiger partial charge in [-0.3, -0.25) is 0 Å². The van der Waals surface area contributed by atoms with Gasteiger partial charge in [0.15, 0.2) is 0 Å². The first-order chi connectivity index (χ1) is 8.79. The zero-order valence-electron chi connectivity index (χ0n) is 10.2. The Labute approximate surface area is 107 Å². The van der Waals surface area contributed by atoms with E-state index in [-0.39, 0.29) is 0 Å². The fourth-order valence-electron chi connectivity index (χ4n) is 1.71. The molecule has 18 heavy (non-hydrogen) atoms. The van der Waals surface area contributed by atoms with Crippen molar-refractivity contribution in [1.29, 1.82) is 0 Å². The highest BCUT2D eigenvalue weighted by atomic mass is 16.4. The minimum absolute atomic E-state index is 0.892. The molecule has 0 bridgehead atoms. The third-order valence-corrected chi connectivity index (χ3v) is 2.73. The number of oxime groups is 1. The Kier molecular flexibility index (Phi) is 3.92. The van der Waals surface area contributed by atoms with E-state index in [0.717, 1.165) is 16.7 Å². The molecule has 0 aromatic heterocycles. The van der Waals surface area contributed by atoms with E-state index in [9.17, 15) is 0 Å². The highest BCUT2D eigenvalue weighted by Crippen LogP contribution is 2.12. The molecule has 1 N–H and O–H groups in total. The van der Waals surface area contributed by atoms with E-state index in [1.54, 1.807) is 0 Å². The Balaban J connectivity index is 2.25. The Morgan fingerprint density at radius 3 is 2.22 bits per heavy atom. The topological polar surface area (TPSA) is 32.6 Å². The molecule has 2 rings (SSSR count). The lowest BCUT2D eigenvalue weighted by Crippen LogP contribution is -1.85. The van der Waals surface area contributed by atoms with Crippen LogP contribution >= 0.6 is 0 Å². The number of benzene rings is 2. The van der Waals surface area contributed by atoms with Crippen molar-refractivity contribution in [3.8, 4) is 0 Å². The third kappa shape index (κ3) is 3.08. The number of aryl methyl sites for hydroxylation is 1. The summed E-state index contributed by atoms with van der Waals surface area (Å²) in [5, 5.41) is 11.7. The summed E-state index contributed by atoms with van der Waals surface area (Å²) in [5.74, 6) is 0. The molecule has 0 radical (unpaired) electrons. The van der Waals surface area contributed by atoms with Gasteiger partial charge in [0.05, 0.1) is 6.21 Å². The molecule has 90 valence electrons. The number of rotatable bonds is 3. The molecule has 0 spiro atoms. The van der Waals surface area contributed by atoms with Crippen molar-refractivity contribution < 1.29 is 5.21 Å². The molecule has 0 aliphatic rings. The lowest BCUT2D eigenvalue weighted by molar-refractivity contribution is 0.322. The summed E-state index contributed by atoms with van der Waals surface area (Å²) in [4.78, 5) is 0.